The van der Waals surface area contributed by atoms with Crippen molar-refractivity contribution in [2.24, 2.45) is 0 Å². The Kier molecular flexibility index (Phi) is 7.66. The molecule has 5 rings (SSSR count). The third-order valence-corrected chi connectivity index (χ3v) is 6.49. The fourth-order valence-corrected chi connectivity index (χ4v) is 4.71. The first-order valence-corrected chi connectivity index (χ1v) is 12.0. The van der Waals surface area contributed by atoms with Gasteiger partial charge in [0, 0.05) is 13.5 Å². The number of ether oxygens (including phenoxy) is 5. The largest absolute Gasteiger partial charge is 0.368 e. The number of carbonyl (C=O) groups is 1. The molecule has 0 radical (unpaired) electrons. The molecule has 0 saturated carbocycles. The fourth-order valence-electron chi connectivity index (χ4n) is 4.71. The molecular formula is C29H30O6. The number of rotatable bonds is 8. The summed E-state index contributed by atoms with van der Waals surface area (Å²) in [6.45, 7) is 0.706. The molecule has 2 fully saturated rings. The molecule has 0 aromatic heterocycles. The van der Waals surface area contributed by atoms with Gasteiger partial charge < -0.3 is 23.7 Å². The minimum absolute atomic E-state index is 0.0213. The van der Waals surface area contributed by atoms with Gasteiger partial charge in [-0.15, -0.1) is 0 Å². The summed E-state index contributed by atoms with van der Waals surface area (Å²) in [5.41, 5.74) is 3.00. The second-order valence-electron chi connectivity index (χ2n) is 8.85. The Hall–Kier alpha value is -2.87. The van der Waals surface area contributed by atoms with Gasteiger partial charge in [0.05, 0.1) is 19.3 Å². The molecule has 2 aliphatic heterocycles. The van der Waals surface area contributed by atoms with Crippen molar-refractivity contribution in [2.45, 2.75) is 56.4 Å². The van der Waals surface area contributed by atoms with Gasteiger partial charge in [-0.3, -0.25) is 4.79 Å². The Morgan fingerprint density at radius 1 is 0.743 bits per heavy atom. The van der Waals surface area contributed by atoms with Crippen molar-refractivity contribution in [2.75, 3.05) is 7.11 Å². The Morgan fingerprint density at radius 3 is 1.86 bits per heavy atom. The first-order chi connectivity index (χ1) is 17.2. The molecule has 1 unspecified atom stereocenters. The summed E-state index contributed by atoms with van der Waals surface area (Å²) >= 11 is 0. The maximum Gasteiger partial charge on any atom is 0.187 e. The van der Waals surface area contributed by atoms with E-state index >= 15 is 0 Å². The van der Waals surface area contributed by atoms with E-state index < -0.39 is 30.7 Å². The van der Waals surface area contributed by atoms with Crippen LogP contribution in [-0.2, 0) is 41.7 Å². The molecule has 182 valence electrons. The summed E-state index contributed by atoms with van der Waals surface area (Å²) in [5.74, 6) is -0.0213. The van der Waals surface area contributed by atoms with Gasteiger partial charge in [0.25, 0.3) is 0 Å². The summed E-state index contributed by atoms with van der Waals surface area (Å²) in [7, 11) is 1.55. The number of fused-ring (bicyclic) bond motifs is 1. The lowest BCUT2D eigenvalue weighted by Crippen LogP contribution is -2.64. The number of hydrogen-bond acceptors (Lipinski definition) is 6. The molecule has 3 aromatic rings. The number of Topliss-reactive ketones (excluding diaryl/α,β-unsaturated/α-hetero) is 1. The van der Waals surface area contributed by atoms with Crippen LogP contribution in [0.1, 0.15) is 29.2 Å². The fraction of sp³-hybridized carbons (Fsp3) is 0.345. The highest BCUT2D eigenvalue weighted by Crippen LogP contribution is 2.39. The highest BCUT2D eigenvalue weighted by atomic mass is 16.7. The van der Waals surface area contributed by atoms with Crippen molar-refractivity contribution in [1.29, 1.82) is 0 Å². The maximum absolute atomic E-state index is 13.2. The van der Waals surface area contributed by atoms with Crippen LogP contribution in [0.3, 0.4) is 0 Å². The predicted molar refractivity (Wildman–Crippen MR) is 129 cm³/mol. The SMILES string of the molecule is CO[C@H]1O[C@@H]2C(=O)CC(c3ccccc3)O[C@H]2[C@H](OCc2ccccc2)[C@H]1OCc1ccccc1. The average Bonchev–Trinajstić information content (AvgIpc) is 2.92. The van der Waals surface area contributed by atoms with Gasteiger partial charge in [0.2, 0.25) is 0 Å². The van der Waals surface area contributed by atoms with Gasteiger partial charge in [0.1, 0.15) is 24.4 Å². The van der Waals surface area contributed by atoms with E-state index in [1.165, 1.54) is 0 Å². The molecule has 35 heavy (non-hydrogen) atoms. The number of carbonyl (C=O) groups excluding carboxylic acids is 1. The van der Waals surface area contributed by atoms with Crippen LogP contribution in [0.15, 0.2) is 91.0 Å². The number of hydrogen-bond donors (Lipinski definition) is 0. The number of benzene rings is 3. The minimum atomic E-state index is -0.780. The van der Waals surface area contributed by atoms with Crippen molar-refractivity contribution in [3.63, 3.8) is 0 Å². The van der Waals surface area contributed by atoms with Crippen LogP contribution in [-0.4, -0.2) is 43.6 Å². The molecule has 6 atom stereocenters. The molecular weight excluding hydrogens is 444 g/mol. The highest BCUT2D eigenvalue weighted by molar-refractivity contribution is 5.85. The first-order valence-electron chi connectivity index (χ1n) is 12.0. The van der Waals surface area contributed by atoms with Crippen LogP contribution in [0, 0.1) is 0 Å². The minimum Gasteiger partial charge on any atom is -0.368 e. The quantitative estimate of drug-likeness (QED) is 0.475. The van der Waals surface area contributed by atoms with Crippen LogP contribution in [0.2, 0.25) is 0 Å². The standard InChI is InChI=1S/C29H30O6/c1-31-29-28(33-19-21-13-7-3-8-14-21)26(32-18-20-11-5-2-6-12-20)27-25(35-29)23(30)17-24(34-27)22-15-9-4-10-16-22/h2-16,24-29H,17-19H2,1H3/t24?,25-,26+,27-,28-,29+/m1/s1. The Morgan fingerprint density at radius 2 is 1.29 bits per heavy atom. The Balaban J connectivity index is 1.42. The van der Waals surface area contributed by atoms with E-state index in [0.717, 1.165) is 16.7 Å². The summed E-state index contributed by atoms with van der Waals surface area (Å²) in [4.78, 5) is 13.2. The van der Waals surface area contributed by atoms with Gasteiger partial charge >= 0.3 is 0 Å². The topological polar surface area (TPSA) is 63.2 Å². The normalized spacial score (nSPS) is 28.4. The van der Waals surface area contributed by atoms with E-state index in [2.05, 4.69) is 0 Å². The maximum atomic E-state index is 13.2. The lowest BCUT2D eigenvalue weighted by Gasteiger charge is -2.48. The van der Waals surface area contributed by atoms with Crippen molar-refractivity contribution < 1.29 is 28.5 Å². The summed E-state index contributed by atoms with van der Waals surface area (Å²) in [6, 6.07) is 29.6. The monoisotopic (exact) mass is 474 g/mol. The van der Waals surface area contributed by atoms with Gasteiger partial charge in [-0.2, -0.15) is 0 Å². The smallest absolute Gasteiger partial charge is 0.187 e. The molecule has 3 aromatic carbocycles. The van der Waals surface area contributed by atoms with Crippen molar-refractivity contribution in [1.82, 2.24) is 0 Å². The zero-order chi connectivity index (χ0) is 24.0. The molecule has 0 amide bonds. The molecule has 0 N–H and O–H groups in total. The van der Waals surface area contributed by atoms with Gasteiger partial charge in [0.15, 0.2) is 12.1 Å². The van der Waals surface area contributed by atoms with Crippen LogP contribution < -0.4 is 0 Å². The van der Waals surface area contributed by atoms with Crippen LogP contribution in [0.25, 0.3) is 0 Å². The van der Waals surface area contributed by atoms with Gasteiger partial charge in [-0.1, -0.05) is 91.0 Å². The second-order valence-corrected chi connectivity index (χ2v) is 8.85. The summed E-state index contributed by atoms with van der Waals surface area (Å²) < 4.78 is 31.1. The lowest BCUT2D eigenvalue weighted by molar-refractivity contribution is -0.321. The van der Waals surface area contributed by atoms with Gasteiger partial charge in [-0.25, -0.2) is 0 Å². The van der Waals surface area contributed by atoms with Crippen molar-refractivity contribution >= 4 is 5.78 Å². The molecule has 2 heterocycles. The second kappa shape index (κ2) is 11.2. The van der Waals surface area contributed by atoms with Crippen LogP contribution in [0.5, 0.6) is 0 Å². The average molecular weight is 475 g/mol. The zero-order valence-corrected chi connectivity index (χ0v) is 19.7. The zero-order valence-electron chi connectivity index (χ0n) is 19.7. The molecule has 0 bridgehead atoms. The van der Waals surface area contributed by atoms with E-state index in [-0.39, 0.29) is 18.3 Å². The molecule has 0 aliphatic carbocycles. The first kappa shape index (κ1) is 23.9. The molecule has 0 spiro atoms. The van der Waals surface area contributed by atoms with Crippen molar-refractivity contribution in [3.05, 3.63) is 108 Å². The number of methoxy groups -OCH3 is 1. The molecule has 6 heteroatoms. The van der Waals surface area contributed by atoms with Gasteiger partial charge in [-0.05, 0) is 16.7 Å². The predicted octanol–water partition coefficient (Wildman–Crippen LogP) is 4.63. The molecule has 6 nitrogen and oxygen atoms in total. The lowest BCUT2D eigenvalue weighted by atomic mass is 9.88. The van der Waals surface area contributed by atoms with E-state index in [9.17, 15) is 4.79 Å². The van der Waals surface area contributed by atoms with Crippen molar-refractivity contribution in [3.8, 4) is 0 Å². The van der Waals surface area contributed by atoms with E-state index in [1.807, 2.05) is 91.0 Å². The van der Waals surface area contributed by atoms with Crippen LogP contribution in [0.4, 0.5) is 0 Å². The third-order valence-electron chi connectivity index (χ3n) is 6.49. The van der Waals surface area contributed by atoms with E-state index in [1.54, 1.807) is 7.11 Å². The highest BCUT2D eigenvalue weighted by Gasteiger charge is 2.54. The molecule has 2 saturated heterocycles. The third kappa shape index (κ3) is 5.53. The van der Waals surface area contributed by atoms with E-state index in [0.29, 0.717) is 13.2 Å². The summed E-state index contributed by atoms with van der Waals surface area (Å²) in [6.07, 6.45) is -3.46. The summed E-state index contributed by atoms with van der Waals surface area (Å²) in [5, 5.41) is 0. The molecule has 2 aliphatic rings. The Labute approximate surface area is 205 Å². The Bertz CT molecular complexity index is 1070. The van der Waals surface area contributed by atoms with Crippen LogP contribution >= 0.6 is 0 Å². The van der Waals surface area contributed by atoms with E-state index in [4.69, 9.17) is 23.7 Å². The number of ketones is 1.